The summed E-state index contributed by atoms with van der Waals surface area (Å²) in [6.07, 6.45) is -0.550. The van der Waals surface area contributed by atoms with Crippen molar-refractivity contribution in [2.24, 2.45) is 0 Å². The van der Waals surface area contributed by atoms with E-state index in [4.69, 9.17) is 4.74 Å². The summed E-state index contributed by atoms with van der Waals surface area (Å²) < 4.78 is 19.1. The third-order valence-corrected chi connectivity index (χ3v) is 3.45. The van der Waals surface area contributed by atoms with Crippen molar-refractivity contribution >= 4 is 5.69 Å². The normalized spacial score (nSPS) is 12.0. The Morgan fingerprint density at radius 3 is 2.57 bits per heavy atom. The number of anilines is 1. The number of nitrogens with zero attached hydrogens (tertiary/aromatic N) is 1. The van der Waals surface area contributed by atoms with E-state index in [1.165, 1.54) is 7.11 Å². The van der Waals surface area contributed by atoms with E-state index in [0.29, 0.717) is 5.56 Å². The summed E-state index contributed by atoms with van der Waals surface area (Å²) in [5.74, 6) is -0.218. The highest BCUT2D eigenvalue weighted by atomic mass is 19.1. The summed E-state index contributed by atoms with van der Waals surface area (Å²) >= 11 is 0. The molecule has 0 amide bonds. The van der Waals surface area contributed by atoms with Crippen LogP contribution in [0.5, 0.6) is 5.75 Å². The van der Waals surface area contributed by atoms with Gasteiger partial charge < -0.3 is 14.7 Å². The topological polar surface area (TPSA) is 32.7 Å². The zero-order valence-corrected chi connectivity index (χ0v) is 12.5. The second kappa shape index (κ2) is 6.59. The highest BCUT2D eigenvalue weighted by Crippen LogP contribution is 2.26. The van der Waals surface area contributed by atoms with Crippen LogP contribution in [0.2, 0.25) is 0 Å². The van der Waals surface area contributed by atoms with Gasteiger partial charge >= 0.3 is 0 Å². The standard InChI is InChI=1S/C17H20FNO2/c1-19(2)14-8-4-6-12(10-14)15(20)11-13-7-5-9-16(21-3)17(13)18/h4-10,15,20H,11H2,1-3H3. The lowest BCUT2D eigenvalue weighted by Crippen LogP contribution is -2.10. The first-order valence-corrected chi connectivity index (χ1v) is 6.79. The molecule has 0 aromatic heterocycles. The van der Waals surface area contributed by atoms with Crippen LogP contribution >= 0.6 is 0 Å². The van der Waals surface area contributed by atoms with Gasteiger partial charge in [-0.25, -0.2) is 4.39 Å². The third kappa shape index (κ3) is 3.52. The molecular weight excluding hydrogens is 269 g/mol. The van der Waals surface area contributed by atoms with Gasteiger partial charge in [-0.3, -0.25) is 0 Å². The van der Waals surface area contributed by atoms with Crippen molar-refractivity contribution < 1.29 is 14.2 Å². The summed E-state index contributed by atoms with van der Waals surface area (Å²) in [6.45, 7) is 0. The number of hydrogen-bond acceptors (Lipinski definition) is 3. The second-order valence-corrected chi connectivity index (χ2v) is 5.14. The Balaban J connectivity index is 2.22. The van der Waals surface area contributed by atoms with Gasteiger partial charge in [0.25, 0.3) is 0 Å². The molecule has 3 nitrogen and oxygen atoms in total. The first-order chi connectivity index (χ1) is 10.0. The van der Waals surface area contributed by atoms with Crippen molar-refractivity contribution in [1.29, 1.82) is 0 Å². The van der Waals surface area contributed by atoms with Crippen LogP contribution in [0.4, 0.5) is 10.1 Å². The number of halogens is 1. The van der Waals surface area contributed by atoms with Crippen molar-refractivity contribution in [3.8, 4) is 5.75 Å². The molecule has 2 aromatic rings. The lowest BCUT2D eigenvalue weighted by molar-refractivity contribution is 0.177. The maximum atomic E-state index is 14.1. The average Bonchev–Trinajstić information content (AvgIpc) is 2.49. The minimum absolute atomic E-state index is 0.196. The Bertz CT molecular complexity index is 613. The van der Waals surface area contributed by atoms with E-state index in [1.807, 2.05) is 43.3 Å². The van der Waals surface area contributed by atoms with Gasteiger partial charge in [-0.15, -0.1) is 0 Å². The van der Waals surface area contributed by atoms with Gasteiger partial charge in [-0.1, -0.05) is 24.3 Å². The molecule has 0 spiro atoms. The van der Waals surface area contributed by atoms with Gasteiger partial charge in [0.1, 0.15) is 0 Å². The monoisotopic (exact) mass is 289 g/mol. The molecule has 21 heavy (non-hydrogen) atoms. The van der Waals surface area contributed by atoms with E-state index in [2.05, 4.69) is 0 Å². The average molecular weight is 289 g/mol. The van der Waals surface area contributed by atoms with E-state index in [-0.39, 0.29) is 12.2 Å². The predicted molar refractivity (Wildman–Crippen MR) is 82.4 cm³/mol. The Morgan fingerprint density at radius 2 is 1.90 bits per heavy atom. The van der Waals surface area contributed by atoms with Crippen LogP contribution in [0.3, 0.4) is 0 Å². The number of methoxy groups -OCH3 is 1. The van der Waals surface area contributed by atoms with Crippen molar-refractivity contribution in [2.45, 2.75) is 12.5 Å². The van der Waals surface area contributed by atoms with Gasteiger partial charge in [-0.2, -0.15) is 0 Å². The lowest BCUT2D eigenvalue weighted by Gasteiger charge is -2.17. The fourth-order valence-corrected chi connectivity index (χ4v) is 2.21. The van der Waals surface area contributed by atoms with Crippen LogP contribution in [0.15, 0.2) is 42.5 Å². The number of hydrogen-bond donors (Lipinski definition) is 1. The first-order valence-electron chi connectivity index (χ1n) is 6.79. The lowest BCUT2D eigenvalue weighted by atomic mass is 10.0. The molecule has 0 aliphatic heterocycles. The maximum Gasteiger partial charge on any atom is 0.168 e. The Kier molecular flexibility index (Phi) is 4.81. The van der Waals surface area contributed by atoms with Gasteiger partial charge in [0, 0.05) is 26.2 Å². The summed E-state index contributed by atoms with van der Waals surface area (Å²) in [5.41, 5.74) is 2.21. The zero-order chi connectivity index (χ0) is 15.4. The Morgan fingerprint density at radius 1 is 1.19 bits per heavy atom. The number of aliphatic hydroxyl groups excluding tert-OH is 1. The Labute approximate surface area is 124 Å². The largest absolute Gasteiger partial charge is 0.494 e. The van der Waals surface area contributed by atoms with Crippen LogP contribution in [0, 0.1) is 5.82 Å². The molecule has 0 aliphatic rings. The van der Waals surface area contributed by atoms with Gasteiger partial charge in [-0.05, 0) is 29.3 Å². The fourth-order valence-electron chi connectivity index (χ4n) is 2.21. The van der Waals surface area contributed by atoms with Crippen LogP contribution in [0.1, 0.15) is 17.2 Å². The molecule has 0 saturated heterocycles. The molecule has 0 heterocycles. The predicted octanol–water partition coefficient (Wildman–Crippen LogP) is 3.18. The molecule has 0 saturated carbocycles. The molecule has 0 bridgehead atoms. The zero-order valence-electron chi connectivity index (χ0n) is 12.5. The molecule has 1 atom stereocenters. The summed E-state index contributed by atoms with van der Waals surface area (Å²) in [5, 5.41) is 10.3. The van der Waals surface area contributed by atoms with E-state index in [0.717, 1.165) is 11.3 Å². The highest BCUT2D eigenvalue weighted by molar-refractivity contribution is 5.47. The van der Waals surface area contributed by atoms with E-state index in [1.54, 1.807) is 18.2 Å². The van der Waals surface area contributed by atoms with E-state index < -0.39 is 11.9 Å². The molecule has 2 rings (SSSR count). The fraction of sp³-hybridized carbons (Fsp3) is 0.294. The number of rotatable bonds is 5. The maximum absolute atomic E-state index is 14.1. The molecule has 2 aromatic carbocycles. The minimum atomic E-state index is -0.758. The molecule has 1 unspecified atom stereocenters. The molecule has 4 heteroatoms. The number of aliphatic hydroxyl groups is 1. The Hall–Kier alpha value is -2.07. The van der Waals surface area contributed by atoms with E-state index in [9.17, 15) is 9.50 Å². The van der Waals surface area contributed by atoms with Crippen LogP contribution in [-0.2, 0) is 6.42 Å². The second-order valence-electron chi connectivity index (χ2n) is 5.14. The molecule has 1 N–H and O–H groups in total. The first kappa shape index (κ1) is 15.3. The highest BCUT2D eigenvalue weighted by Gasteiger charge is 2.15. The summed E-state index contributed by atoms with van der Waals surface area (Å²) in [4.78, 5) is 1.96. The number of ether oxygens (including phenoxy) is 1. The SMILES string of the molecule is COc1cccc(CC(O)c2cccc(N(C)C)c2)c1F. The smallest absolute Gasteiger partial charge is 0.168 e. The van der Waals surface area contributed by atoms with Crippen LogP contribution in [-0.4, -0.2) is 26.3 Å². The van der Waals surface area contributed by atoms with Crippen molar-refractivity contribution in [3.05, 3.63) is 59.4 Å². The van der Waals surface area contributed by atoms with Crippen molar-refractivity contribution in [2.75, 3.05) is 26.1 Å². The molecule has 112 valence electrons. The van der Waals surface area contributed by atoms with Gasteiger partial charge in [0.15, 0.2) is 11.6 Å². The van der Waals surface area contributed by atoms with Crippen LogP contribution in [0.25, 0.3) is 0 Å². The molecular formula is C17H20FNO2. The summed E-state index contributed by atoms with van der Waals surface area (Å²) in [7, 11) is 5.31. The van der Waals surface area contributed by atoms with Crippen molar-refractivity contribution in [1.82, 2.24) is 0 Å². The van der Waals surface area contributed by atoms with Crippen molar-refractivity contribution in [3.63, 3.8) is 0 Å². The molecule has 0 radical (unpaired) electrons. The molecule has 0 aliphatic carbocycles. The molecule has 0 fully saturated rings. The summed E-state index contributed by atoms with van der Waals surface area (Å²) in [6, 6.07) is 12.5. The third-order valence-electron chi connectivity index (χ3n) is 3.45. The quantitative estimate of drug-likeness (QED) is 0.917. The minimum Gasteiger partial charge on any atom is -0.494 e. The number of benzene rings is 2. The van der Waals surface area contributed by atoms with Gasteiger partial charge in [0.2, 0.25) is 0 Å². The van der Waals surface area contributed by atoms with Gasteiger partial charge in [0.05, 0.1) is 13.2 Å². The van der Waals surface area contributed by atoms with Crippen LogP contribution < -0.4 is 9.64 Å². The van der Waals surface area contributed by atoms with E-state index >= 15 is 0 Å².